The standard InChI is InChI=1S/C22H23F3N6O/c1-32-18-9-7-17(8-10-18)27-20-28-19(29-21(30-20)31-11-2-3-12-31)26-14-15-5-4-6-16(13-15)22(23,24)25/h4-10,13H,2-3,11-12,14H2,1H3,(H2,26,27,28,29,30). The molecule has 2 N–H and O–H groups in total. The molecule has 0 spiro atoms. The van der Waals surface area contributed by atoms with Gasteiger partial charge in [0.1, 0.15) is 5.75 Å². The van der Waals surface area contributed by atoms with Gasteiger partial charge < -0.3 is 20.3 Å². The molecule has 0 aliphatic carbocycles. The fourth-order valence-electron chi connectivity index (χ4n) is 3.40. The van der Waals surface area contributed by atoms with Crippen LogP contribution < -0.4 is 20.3 Å². The summed E-state index contributed by atoms with van der Waals surface area (Å²) in [6.45, 7) is 1.84. The predicted molar refractivity (Wildman–Crippen MR) is 116 cm³/mol. The molecule has 0 radical (unpaired) electrons. The van der Waals surface area contributed by atoms with Crippen molar-refractivity contribution in [1.29, 1.82) is 0 Å². The summed E-state index contributed by atoms with van der Waals surface area (Å²) < 4.78 is 44.1. The molecule has 1 saturated heterocycles. The molecule has 0 saturated carbocycles. The number of rotatable bonds is 7. The SMILES string of the molecule is COc1ccc(Nc2nc(NCc3cccc(C(F)(F)F)c3)nc(N3CCCC3)n2)cc1. The van der Waals surface area contributed by atoms with Crippen molar-refractivity contribution >= 4 is 23.5 Å². The molecule has 0 atom stereocenters. The van der Waals surface area contributed by atoms with Crippen molar-refractivity contribution in [3.05, 3.63) is 59.7 Å². The monoisotopic (exact) mass is 444 g/mol. The number of hydrogen-bond acceptors (Lipinski definition) is 7. The second-order valence-corrected chi connectivity index (χ2v) is 7.38. The summed E-state index contributed by atoms with van der Waals surface area (Å²) in [6, 6.07) is 12.5. The average molecular weight is 444 g/mol. The predicted octanol–water partition coefficient (Wildman–Crippen LogP) is 4.85. The lowest BCUT2D eigenvalue weighted by molar-refractivity contribution is -0.137. The molecule has 1 aromatic heterocycles. The van der Waals surface area contributed by atoms with Crippen molar-refractivity contribution in [2.75, 3.05) is 35.7 Å². The summed E-state index contributed by atoms with van der Waals surface area (Å²) in [5.74, 6) is 1.89. The van der Waals surface area contributed by atoms with Crippen LogP contribution in [0.15, 0.2) is 48.5 Å². The third kappa shape index (κ3) is 5.37. The average Bonchev–Trinajstić information content (AvgIpc) is 3.33. The number of methoxy groups -OCH3 is 1. The van der Waals surface area contributed by atoms with E-state index in [1.54, 1.807) is 13.2 Å². The summed E-state index contributed by atoms with van der Waals surface area (Å²) in [7, 11) is 1.60. The van der Waals surface area contributed by atoms with E-state index < -0.39 is 11.7 Å². The number of benzene rings is 2. The fraction of sp³-hybridized carbons (Fsp3) is 0.318. The molecule has 0 bridgehead atoms. The van der Waals surface area contributed by atoms with Gasteiger partial charge in [-0.05, 0) is 54.8 Å². The van der Waals surface area contributed by atoms with Crippen LogP contribution in [0.1, 0.15) is 24.0 Å². The van der Waals surface area contributed by atoms with E-state index in [-0.39, 0.29) is 12.5 Å². The molecule has 7 nitrogen and oxygen atoms in total. The Balaban J connectivity index is 1.55. The van der Waals surface area contributed by atoms with Crippen molar-refractivity contribution in [2.45, 2.75) is 25.6 Å². The smallest absolute Gasteiger partial charge is 0.416 e. The van der Waals surface area contributed by atoms with Crippen molar-refractivity contribution in [1.82, 2.24) is 15.0 Å². The molecule has 1 fully saturated rings. The molecular weight excluding hydrogens is 421 g/mol. The first-order valence-electron chi connectivity index (χ1n) is 10.2. The van der Waals surface area contributed by atoms with Crippen LogP contribution in [-0.2, 0) is 12.7 Å². The van der Waals surface area contributed by atoms with Gasteiger partial charge >= 0.3 is 6.18 Å². The highest BCUT2D eigenvalue weighted by Crippen LogP contribution is 2.30. The molecule has 1 aliphatic heterocycles. The van der Waals surface area contributed by atoms with Crippen LogP contribution in [-0.4, -0.2) is 35.2 Å². The molecule has 10 heteroatoms. The molecule has 0 unspecified atom stereocenters. The number of alkyl halides is 3. The van der Waals surface area contributed by atoms with Crippen molar-refractivity contribution in [3.8, 4) is 5.75 Å². The highest BCUT2D eigenvalue weighted by Gasteiger charge is 2.30. The van der Waals surface area contributed by atoms with E-state index in [1.165, 1.54) is 6.07 Å². The fourth-order valence-corrected chi connectivity index (χ4v) is 3.40. The van der Waals surface area contributed by atoms with Gasteiger partial charge in [0, 0.05) is 25.3 Å². The highest BCUT2D eigenvalue weighted by atomic mass is 19.4. The van der Waals surface area contributed by atoms with Gasteiger partial charge in [0.25, 0.3) is 0 Å². The van der Waals surface area contributed by atoms with Crippen LogP contribution in [0.4, 0.5) is 36.7 Å². The van der Waals surface area contributed by atoms with Crippen LogP contribution in [0.5, 0.6) is 5.75 Å². The molecule has 168 valence electrons. The first kappa shape index (κ1) is 21.7. The normalized spacial score (nSPS) is 13.8. The second kappa shape index (κ2) is 9.29. The highest BCUT2D eigenvalue weighted by molar-refractivity contribution is 5.57. The third-order valence-corrected chi connectivity index (χ3v) is 5.06. The van der Waals surface area contributed by atoms with Crippen LogP contribution >= 0.6 is 0 Å². The first-order valence-corrected chi connectivity index (χ1v) is 10.2. The molecule has 3 aromatic rings. The summed E-state index contributed by atoms with van der Waals surface area (Å²) >= 11 is 0. The van der Waals surface area contributed by atoms with Gasteiger partial charge in [-0.2, -0.15) is 28.1 Å². The van der Waals surface area contributed by atoms with Gasteiger partial charge in [-0.25, -0.2) is 0 Å². The minimum Gasteiger partial charge on any atom is -0.497 e. The molecule has 2 heterocycles. The number of ether oxygens (including phenoxy) is 1. The number of nitrogens with zero attached hydrogens (tertiary/aromatic N) is 4. The molecular formula is C22H23F3N6O. The number of halogens is 3. The lowest BCUT2D eigenvalue weighted by Gasteiger charge is -2.17. The molecule has 2 aromatic carbocycles. The summed E-state index contributed by atoms with van der Waals surface area (Å²) in [6.07, 6.45) is -2.28. The minimum absolute atomic E-state index is 0.148. The maximum absolute atomic E-state index is 13.0. The Kier molecular flexibility index (Phi) is 6.29. The Morgan fingerprint density at radius 3 is 2.38 bits per heavy atom. The quantitative estimate of drug-likeness (QED) is 0.539. The first-order chi connectivity index (χ1) is 15.4. The summed E-state index contributed by atoms with van der Waals surface area (Å²) in [5.41, 5.74) is 0.563. The Bertz CT molecular complexity index is 1050. The summed E-state index contributed by atoms with van der Waals surface area (Å²) in [4.78, 5) is 15.5. The maximum Gasteiger partial charge on any atom is 0.416 e. The number of hydrogen-bond donors (Lipinski definition) is 2. The Hall–Kier alpha value is -3.56. The van der Waals surface area contributed by atoms with Gasteiger partial charge in [0.2, 0.25) is 17.8 Å². The van der Waals surface area contributed by atoms with Gasteiger partial charge in [0.15, 0.2) is 0 Å². The van der Waals surface area contributed by atoms with E-state index in [4.69, 9.17) is 4.74 Å². The molecule has 1 aliphatic rings. The van der Waals surface area contributed by atoms with Crippen LogP contribution in [0.2, 0.25) is 0 Å². The Morgan fingerprint density at radius 1 is 0.969 bits per heavy atom. The van der Waals surface area contributed by atoms with E-state index >= 15 is 0 Å². The van der Waals surface area contributed by atoms with Gasteiger partial charge in [0.05, 0.1) is 12.7 Å². The van der Waals surface area contributed by atoms with E-state index in [2.05, 4.69) is 30.5 Å². The van der Waals surface area contributed by atoms with E-state index in [1.807, 2.05) is 24.3 Å². The van der Waals surface area contributed by atoms with Crippen LogP contribution in [0.3, 0.4) is 0 Å². The van der Waals surface area contributed by atoms with Gasteiger partial charge in [-0.15, -0.1) is 0 Å². The zero-order valence-electron chi connectivity index (χ0n) is 17.5. The zero-order valence-corrected chi connectivity index (χ0v) is 17.5. The van der Waals surface area contributed by atoms with E-state index in [9.17, 15) is 13.2 Å². The lowest BCUT2D eigenvalue weighted by atomic mass is 10.1. The molecule has 32 heavy (non-hydrogen) atoms. The van der Waals surface area contributed by atoms with Crippen molar-refractivity contribution < 1.29 is 17.9 Å². The summed E-state index contributed by atoms with van der Waals surface area (Å²) in [5, 5.41) is 6.19. The Labute approximate surface area is 183 Å². The second-order valence-electron chi connectivity index (χ2n) is 7.38. The van der Waals surface area contributed by atoms with E-state index in [0.29, 0.717) is 17.5 Å². The third-order valence-electron chi connectivity index (χ3n) is 5.06. The lowest BCUT2D eigenvalue weighted by Crippen LogP contribution is -2.22. The zero-order chi connectivity index (χ0) is 22.6. The molecule has 4 rings (SSSR count). The van der Waals surface area contributed by atoms with Crippen molar-refractivity contribution in [3.63, 3.8) is 0 Å². The van der Waals surface area contributed by atoms with E-state index in [0.717, 1.165) is 49.5 Å². The van der Waals surface area contributed by atoms with Crippen molar-refractivity contribution in [2.24, 2.45) is 0 Å². The topological polar surface area (TPSA) is 75.2 Å². The van der Waals surface area contributed by atoms with Gasteiger partial charge in [-0.3, -0.25) is 0 Å². The number of aromatic nitrogens is 3. The number of anilines is 4. The van der Waals surface area contributed by atoms with Crippen LogP contribution in [0, 0.1) is 0 Å². The minimum atomic E-state index is -4.39. The largest absolute Gasteiger partial charge is 0.497 e. The molecule has 0 amide bonds. The Morgan fingerprint density at radius 2 is 1.69 bits per heavy atom. The van der Waals surface area contributed by atoms with Gasteiger partial charge in [-0.1, -0.05) is 12.1 Å². The van der Waals surface area contributed by atoms with Crippen LogP contribution in [0.25, 0.3) is 0 Å². The number of nitrogens with one attached hydrogen (secondary N) is 2. The maximum atomic E-state index is 13.0.